The zero-order valence-corrected chi connectivity index (χ0v) is 7.92. The Labute approximate surface area is 73.1 Å². The van der Waals surface area contributed by atoms with Crippen molar-refractivity contribution in [1.29, 1.82) is 0 Å². The summed E-state index contributed by atoms with van der Waals surface area (Å²) in [5.74, 6) is -1.05. The van der Waals surface area contributed by atoms with Gasteiger partial charge in [0, 0.05) is 6.42 Å². The van der Waals surface area contributed by atoms with E-state index in [1.807, 2.05) is 6.92 Å². The lowest BCUT2D eigenvalue weighted by Gasteiger charge is -2.06. The van der Waals surface area contributed by atoms with Crippen molar-refractivity contribution in [3.63, 3.8) is 0 Å². The Bertz CT molecular complexity index is 163. The fraction of sp³-hybridized carbons (Fsp3) is 0.778. The highest BCUT2D eigenvalue weighted by Crippen LogP contribution is 2.06. The number of ketones is 1. The first-order valence-electron chi connectivity index (χ1n) is 4.24. The number of hydrogen-bond donors (Lipinski definition) is 0. The number of esters is 1. The van der Waals surface area contributed by atoms with Gasteiger partial charge in [-0.3, -0.25) is 9.59 Å². The van der Waals surface area contributed by atoms with E-state index in [9.17, 15) is 9.59 Å². The van der Waals surface area contributed by atoms with Crippen molar-refractivity contribution in [3.8, 4) is 0 Å². The van der Waals surface area contributed by atoms with Crippen LogP contribution in [0.4, 0.5) is 0 Å². The topological polar surface area (TPSA) is 43.4 Å². The molecule has 0 aliphatic carbocycles. The molecular weight excluding hydrogens is 156 g/mol. The van der Waals surface area contributed by atoms with Crippen LogP contribution in [0.1, 0.15) is 33.1 Å². The molecule has 0 spiro atoms. The van der Waals surface area contributed by atoms with Gasteiger partial charge >= 0.3 is 5.97 Å². The molecule has 3 nitrogen and oxygen atoms in total. The second kappa shape index (κ2) is 5.75. The van der Waals surface area contributed by atoms with Gasteiger partial charge < -0.3 is 4.74 Å². The number of ether oxygens (including phenoxy) is 1. The summed E-state index contributed by atoms with van der Waals surface area (Å²) in [6.07, 6.45) is 2.30. The Morgan fingerprint density at radius 2 is 2.00 bits per heavy atom. The van der Waals surface area contributed by atoms with E-state index in [1.165, 1.54) is 7.11 Å². The zero-order chi connectivity index (χ0) is 9.56. The summed E-state index contributed by atoms with van der Waals surface area (Å²) in [6.45, 7) is 3.60. The second-order valence-electron chi connectivity index (χ2n) is 2.81. The highest BCUT2D eigenvalue weighted by atomic mass is 16.5. The summed E-state index contributed by atoms with van der Waals surface area (Å²) < 4.78 is 4.45. The van der Waals surface area contributed by atoms with Crippen LogP contribution in [0.5, 0.6) is 0 Å². The largest absolute Gasteiger partial charge is 0.468 e. The number of hydrogen-bond acceptors (Lipinski definition) is 3. The molecule has 0 aromatic rings. The molecule has 70 valence electrons. The number of Topliss-reactive ketones (excluding diaryl/α,β-unsaturated/α-hetero) is 1. The molecule has 0 N–H and O–H groups in total. The van der Waals surface area contributed by atoms with Gasteiger partial charge in [0.2, 0.25) is 0 Å². The van der Waals surface area contributed by atoms with E-state index in [-0.39, 0.29) is 5.78 Å². The van der Waals surface area contributed by atoms with E-state index in [0.29, 0.717) is 6.42 Å². The third-order valence-electron chi connectivity index (χ3n) is 1.81. The summed E-state index contributed by atoms with van der Waals surface area (Å²) in [4.78, 5) is 22.1. The summed E-state index contributed by atoms with van der Waals surface area (Å²) in [6, 6.07) is 0. The minimum Gasteiger partial charge on any atom is -0.468 e. The first kappa shape index (κ1) is 11.1. The van der Waals surface area contributed by atoms with Gasteiger partial charge in [-0.1, -0.05) is 13.3 Å². The molecule has 0 bridgehead atoms. The van der Waals surface area contributed by atoms with E-state index in [2.05, 4.69) is 4.74 Å². The van der Waals surface area contributed by atoms with Crippen LogP contribution in [0.3, 0.4) is 0 Å². The Hall–Kier alpha value is -0.860. The lowest BCUT2D eigenvalue weighted by Crippen LogP contribution is -2.21. The van der Waals surface area contributed by atoms with Crippen molar-refractivity contribution >= 4 is 11.8 Å². The Morgan fingerprint density at radius 1 is 1.42 bits per heavy atom. The normalized spacial score (nSPS) is 12.2. The Kier molecular flexibility index (Phi) is 5.34. The monoisotopic (exact) mass is 172 g/mol. The number of unbranched alkanes of at least 4 members (excludes halogenated alkanes) is 1. The van der Waals surface area contributed by atoms with Crippen molar-refractivity contribution < 1.29 is 14.3 Å². The van der Waals surface area contributed by atoms with Crippen molar-refractivity contribution in [2.45, 2.75) is 33.1 Å². The van der Waals surface area contributed by atoms with Gasteiger partial charge in [-0.2, -0.15) is 0 Å². The molecule has 1 atom stereocenters. The number of rotatable bonds is 5. The molecule has 0 aromatic heterocycles. The van der Waals surface area contributed by atoms with Crippen LogP contribution in [0.2, 0.25) is 0 Å². The lowest BCUT2D eigenvalue weighted by atomic mass is 10.0. The molecule has 12 heavy (non-hydrogen) atoms. The van der Waals surface area contributed by atoms with Crippen LogP contribution in [-0.4, -0.2) is 18.9 Å². The molecule has 0 unspecified atom stereocenters. The number of carbonyl (C=O) groups excluding carboxylic acids is 2. The predicted octanol–water partition coefficient (Wildman–Crippen LogP) is 1.55. The first-order valence-corrected chi connectivity index (χ1v) is 4.24. The SMILES string of the molecule is CCCCC(=O)[C@@H](C)C(=O)OC. The highest BCUT2D eigenvalue weighted by Gasteiger charge is 2.20. The predicted molar refractivity (Wildman–Crippen MR) is 45.7 cm³/mol. The van der Waals surface area contributed by atoms with Crippen molar-refractivity contribution in [3.05, 3.63) is 0 Å². The second-order valence-corrected chi connectivity index (χ2v) is 2.81. The van der Waals surface area contributed by atoms with Crippen molar-refractivity contribution in [2.75, 3.05) is 7.11 Å². The van der Waals surface area contributed by atoms with Crippen LogP contribution in [0.15, 0.2) is 0 Å². The van der Waals surface area contributed by atoms with Crippen LogP contribution < -0.4 is 0 Å². The maximum atomic E-state index is 11.2. The maximum Gasteiger partial charge on any atom is 0.315 e. The third-order valence-corrected chi connectivity index (χ3v) is 1.81. The van der Waals surface area contributed by atoms with Gasteiger partial charge in [-0.05, 0) is 13.3 Å². The molecule has 0 aliphatic heterocycles. The molecule has 0 rings (SSSR count). The van der Waals surface area contributed by atoms with Gasteiger partial charge in [0.05, 0.1) is 7.11 Å². The standard InChI is InChI=1S/C9H16O3/c1-4-5-6-8(10)7(2)9(11)12-3/h7H,4-6H2,1-3H3/t7-/m1/s1. The molecule has 0 heterocycles. The maximum absolute atomic E-state index is 11.2. The van der Waals surface area contributed by atoms with Gasteiger partial charge in [0.25, 0.3) is 0 Å². The summed E-state index contributed by atoms with van der Waals surface area (Å²) >= 11 is 0. The van der Waals surface area contributed by atoms with Crippen LogP contribution in [0.25, 0.3) is 0 Å². The lowest BCUT2D eigenvalue weighted by molar-refractivity contribution is -0.148. The third kappa shape index (κ3) is 3.51. The van der Waals surface area contributed by atoms with E-state index >= 15 is 0 Å². The highest BCUT2D eigenvalue weighted by molar-refractivity contribution is 5.98. The quantitative estimate of drug-likeness (QED) is 0.467. The first-order chi connectivity index (χ1) is 5.63. The number of methoxy groups -OCH3 is 1. The van der Waals surface area contributed by atoms with Gasteiger partial charge in [-0.15, -0.1) is 0 Å². The summed E-state index contributed by atoms with van der Waals surface area (Å²) in [5, 5.41) is 0. The minimum absolute atomic E-state index is 0.0244. The molecular formula is C9H16O3. The number of carbonyl (C=O) groups is 2. The average Bonchev–Trinajstić information content (AvgIpc) is 2.11. The smallest absolute Gasteiger partial charge is 0.315 e. The molecule has 0 saturated heterocycles. The molecule has 3 heteroatoms. The zero-order valence-electron chi connectivity index (χ0n) is 7.92. The summed E-state index contributed by atoms with van der Waals surface area (Å²) in [5.41, 5.74) is 0. The molecule has 0 saturated carbocycles. The van der Waals surface area contributed by atoms with Crippen molar-refractivity contribution in [1.82, 2.24) is 0 Å². The van der Waals surface area contributed by atoms with Crippen LogP contribution >= 0.6 is 0 Å². The van der Waals surface area contributed by atoms with Crippen LogP contribution in [0, 0.1) is 5.92 Å². The molecule has 0 radical (unpaired) electrons. The van der Waals surface area contributed by atoms with E-state index in [1.54, 1.807) is 6.92 Å². The fourth-order valence-electron chi connectivity index (χ4n) is 0.876. The van der Waals surface area contributed by atoms with Crippen molar-refractivity contribution in [2.24, 2.45) is 5.92 Å². The van der Waals surface area contributed by atoms with Crippen LogP contribution in [-0.2, 0) is 14.3 Å². The summed E-state index contributed by atoms with van der Waals surface area (Å²) in [7, 11) is 1.30. The van der Waals surface area contributed by atoms with E-state index in [0.717, 1.165) is 12.8 Å². The van der Waals surface area contributed by atoms with E-state index in [4.69, 9.17) is 0 Å². The van der Waals surface area contributed by atoms with E-state index < -0.39 is 11.9 Å². The fourth-order valence-corrected chi connectivity index (χ4v) is 0.876. The molecule has 0 aliphatic rings. The average molecular weight is 172 g/mol. The molecule has 0 aromatic carbocycles. The minimum atomic E-state index is -0.596. The Morgan fingerprint density at radius 3 is 2.42 bits per heavy atom. The van der Waals surface area contributed by atoms with Gasteiger partial charge in [0.15, 0.2) is 0 Å². The van der Waals surface area contributed by atoms with Gasteiger partial charge in [0.1, 0.15) is 11.7 Å². The molecule has 0 fully saturated rings. The Balaban J connectivity index is 3.84. The van der Waals surface area contributed by atoms with Gasteiger partial charge in [-0.25, -0.2) is 0 Å². The molecule has 0 amide bonds.